The molecule has 0 saturated carbocycles. The van der Waals surface area contributed by atoms with E-state index in [4.69, 9.17) is 16.9 Å². The van der Waals surface area contributed by atoms with Crippen LogP contribution in [0.3, 0.4) is 0 Å². The van der Waals surface area contributed by atoms with E-state index in [1.165, 1.54) is 69.7 Å². The molecule has 12 nitrogen and oxygen atoms in total. The molecular formula is C29H41N6O6PS3. The van der Waals surface area contributed by atoms with Gasteiger partial charge in [0.25, 0.3) is 0 Å². The molecule has 3 aromatic rings. The van der Waals surface area contributed by atoms with Gasteiger partial charge in [-0.3, -0.25) is 0 Å². The van der Waals surface area contributed by atoms with Crippen LogP contribution < -0.4 is 10.6 Å². The summed E-state index contributed by atoms with van der Waals surface area (Å²) in [6, 6.07) is 17.4. The van der Waals surface area contributed by atoms with E-state index in [9.17, 15) is 25.9 Å². The molecule has 0 amide bonds. The molecule has 0 aliphatic carbocycles. The average Bonchev–Trinajstić information content (AvgIpc) is 3.32. The molecule has 2 aliphatic heterocycles. The molecule has 2 unspecified atom stereocenters. The first-order valence-corrected chi connectivity index (χ1v) is 20.4. The molecule has 5 rings (SSSR count). The highest BCUT2D eigenvalue weighted by Gasteiger charge is 2.41. The Bertz CT molecular complexity index is 1630. The lowest BCUT2D eigenvalue weighted by atomic mass is 10.1. The van der Waals surface area contributed by atoms with E-state index in [0.717, 1.165) is 43.9 Å². The minimum Gasteiger partial charge on any atom is -0.744 e. The second-order valence-electron chi connectivity index (χ2n) is 10.9. The van der Waals surface area contributed by atoms with Crippen molar-refractivity contribution in [3.8, 4) is 0 Å². The minimum atomic E-state index is -4.74. The Morgan fingerprint density at radius 2 is 1.20 bits per heavy atom. The third-order valence-electron chi connectivity index (χ3n) is 7.75. The quantitative estimate of drug-likeness (QED) is 0.168. The Morgan fingerprint density at radius 3 is 1.67 bits per heavy atom. The fraction of sp³-hybridized carbons (Fsp3) is 0.414. The van der Waals surface area contributed by atoms with Gasteiger partial charge in [0.05, 0.1) is 42.2 Å². The number of hydrogen-bond donors (Lipinski definition) is 2. The summed E-state index contributed by atoms with van der Waals surface area (Å²) in [4.78, 5) is -1.10. The van der Waals surface area contributed by atoms with Crippen LogP contribution in [-0.4, -0.2) is 106 Å². The summed E-state index contributed by atoms with van der Waals surface area (Å²) in [5.41, 5.74) is 1.12. The highest BCUT2D eigenvalue weighted by molar-refractivity contribution is 8.11. The van der Waals surface area contributed by atoms with Gasteiger partial charge in [0, 0.05) is 63.3 Å². The molecule has 16 heteroatoms. The molecule has 0 aromatic heterocycles. The SMILES string of the molecule is CN(/N=C/c1ccccc1)P1(=S)N2CCC[NH2+]CCC[NH2+]CCCN1CC2.O=S(=O)([O-])c1cccc2c(S(=O)(=O)[O-])cccc12. The molecule has 2 fully saturated rings. The summed E-state index contributed by atoms with van der Waals surface area (Å²) in [7, 11) is -7.40. The summed E-state index contributed by atoms with van der Waals surface area (Å²) in [6.07, 6.45) is 5.66. The third-order valence-corrected chi connectivity index (χ3v) is 14.8. The van der Waals surface area contributed by atoms with Crippen LogP contribution in [0.4, 0.5) is 0 Å². The van der Waals surface area contributed by atoms with Crippen LogP contribution in [0, 0.1) is 0 Å². The highest BCUT2D eigenvalue weighted by atomic mass is 32.4. The average molecular weight is 697 g/mol. The van der Waals surface area contributed by atoms with E-state index in [1.54, 1.807) is 0 Å². The zero-order valence-electron chi connectivity index (χ0n) is 25.3. The zero-order chi connectivity index (χ0) is 32.5. The van der Waals surface area contributed by atoms with E-state index in [-0.39, 0.29) is 10.8 Å². The maximum atomic E-state index is 11.0. The van der Waals surface area contributed by atoms with Crippen molar-refractivity contribution < 1.29 is 36.6 Å². The van der Waals surface area contributed by atoms with Crippen LogP contribution in [0.15, 0.2) is 81.6 Å². The van der Waals surface area contributed by atoms with Gasteiger partial charge in [0.2, 0.25) is 0 Å². The van der Waals surface area contributed by atoms with Gasteiger partial charge in [-0.2, -0.15) is 5.10 Å². The molecule has 4 N–H and O–H groups in total. The van der Waals surface area contributed by atoms with Crippen molar-refractivity contribution in [2.45, 2.75) is 29.1 Å². The molecule has 2 heterocycles. The highest BCUT2D eigenvalue weighted by Crippen LogP contribution is 2.59. The number of fused-ring (bicyclic) bond motifs is 3. The number of quaternary nitrogens is 2. The first-order chi connectivity index (χ1) is 21.4. The van der Waals surface area contributed by atoms with Gasteiger partial charge in [0.15, 0.2) is 6.49 Å². The van der Waals surface area contributed by atoms with Gasteiger partial charge in [-0.25, -0.2) is 31.0 Å². The van der Waals surface area contributed by atoms with Crippen LogP contribution in [0.1, 0.15) is 24.8 Å². The van der Waals surface area contributed by atoms with Gasteiger partial charge < -0.3 is 19.7 Å². The fourth-order valence-corrected chi connectivity index (χ4v) is 10.8. The van der Waals surface area contributed by atoms with Gasteiger partial charge >= 0.3 is 0 Å². The lowest BCUT2D eigenvalue weighted by molar-refractivity contribution is -0.680. The maximum Gasteiger partial charge on any atom is 0.185 e. The van der Waals surface area contributed by atoms with Crippen LogP contribution in [0.5, 0.6) is 0 Å². The summed E-state index contributed by atoms with van der Waals surface area (Å²) in [5.74, 6) is 0. The Labute approximate surface area is 271 Å². The van der Waals surface area contributed by atoms with Crippen molar-refractivity contribution in [2.24, 2.45) is 5.10 Å². The summed E-state index contributed by atoms with van der Waals surface area (Å²) in [6.45, 7) is 7.23. The molecule has 246 valence electrons. The molecular weight excluding hydrogens is 656 g/mol. The van der Waals surface area contributed by atoms with Crippen molar-refractivity contribution in [3.63, 3.8) is 0 Å². The van der Waals surface area contributed by atoms with E-state index in [0.29, 0.717) is 0 Å². The van der Waals surface area contributed by atoms with Gasteiger partial charge in [0.1, 0.15) is 20.2 Å². The van der Waals surface area contributed by atoms with Crippen molar-refractivity contribution in [3.05, 3.63) is 72.3 Å². The molecule has 3 aromatic carbocycles. The minimum absolute atomic E-state index is 0.0792. The number of hydrogen-bond acceptors (Lipinski definition) is 8. The second kappa shape index (κ2) is 16.0. The monoisotopic (exact) mass is 696 g/mol. The first kappa shape index (κ1) is 35.6. The predicted octanol–water partition coefficient (Wildman–Crippen LogP) is 0.753. The topological polar surface area (TPSA) is 170 Å². The van der Waals surface area contributed by atoms with Crippen molar-refractivity contribution in [1.82, 2.24) is 14.1 Å². The number of nitrogens with two attached hydrogens (primary N) is 2. The Hall–Kier alpha value is -2.30. The summed E-state index contributed by atoms with van der Waals surface area (Å²) >= 11 is 6.34. The summed E-state index contributed by atoms with van der Waals surface area (Å²) < 4.78 is 73.3. The van der Waals surface area contributed by atoms with E-state index >= 15 is 0 Å². The Kier molecular flexibility index (Phi) is 12.6. The van der Waals surface area contributed by atoms with Crippen LogP contribution in [0.25, 0.3) is 10.8 Å². The largest absolute Gasteiger partial charge is 0.744 e. The van der Waals surface area contributed by atoms with Crippen LogP contribution >= 0.6 is 6.49 Å². The molecule has 2 aliphatic rings. The smallest absolute Gasteiger partial charge is 0.185 e. The second-order valence-corrected chi connectivity index (χ2v) is 17.8. The van der Waals surface area contributed by atoms with E-state index in [1.807, 2.05) is 24.4 Å². The molecule has 0 spiro atoms. The standard InChI is InChI=1S/C19H33N6PS.C10H8O6S2/c1-23(22-18-19-8-3-2-4-9-19)26(27)24-14-6-12-20-10-5-11-21-13-7-15-25(26)17-16-24;11-17(12,13)9-5-1-3-7-8(9)4-2-6-10(7)18(14,15)16/h2-4,8-9,18,20-21H,5-7,10-17H2,1H3;1-6H,(H,11,12,13)(H,14,15,16)/b22-18+;. The molecule has 2 atom stereocenters. The number of rotatable bonds is 5. The Morgan fingerprint density at radius 1 is 0.733 bits per heavy atom. The van der Waals surface area contributed by atoms with Crippen molar-refractivity contribution in [2.75, 3.05) is 59.4 Å². The predicted molar refractivity (Wildman–Crippen MR) is 176 cm³/mol. The maximum absolute atomic E-state index is 11.0. The molecule has 2 saturated heterocycles. The van der Waals surface area contributed by atoms with E-state index < -0.39 is 36.5 Å². The van der Waals surface area contributed by atoms with Crippen LogP contribution in [-0.2, 0) is 32.0 Å². The van der Waals surface area contributed by atoms with Gasteiger partial charge in [-0.15, -0.1) is 0 Å². The number of benzene rings is 3. The third kappa shape index (κ3) is 9.38. The van der Waals surface area contributed by atoms with E-state index in [2.05, 4.69) is 43.9 Å². The fourth-order valence-electron chi connectivity index (χ4n) is 5.50. The van der Waals surface area contributed by atoms with Crippen LogP contribution in [0.2, 0.25) is 0 Å². The lowest BCUT2D eigenvalue weighted by Gasteiger charge is -2.38. The summed E-state index contributed by atoms with van der Waals surface area (Å²) in [5, 5.41) is 9.56. The number of hydrazone groups is 1. The lowest BCUT2D eigenvalue weighted by Crippen LogP contribution is -2.88. The van der Waals surface area contributed by atoms with Crippen molar-refractivity contribution in [1.29, 1.82) is 0 Å². The first-order valence-electron chi connectivity index (χ1n) is 14.9. The van der Waals surface area contributed by atoms with Gasteiger partial charge in [-0.1, -0.05) is 54.6 Å². The molecule has 0 radical (unpaired) electrons. The number of nitrogens with zero attached hydrogens (tertiary/aromatic N) is 4. The van der Waals surface area contributed by atoms with Gasteiger partial charge in [-0.05, 0) is 29.5 Å². The van der Waals surface area contributed by atoms with Crippen molar-refractivity contribution >= 4 is 55.5 Å². The zero-order valence-corrected chi connectivity index (χ0v) is 28.6. The molecule has 45 heavy (non-hydrogen) atoms. The molecule has 2 bridgehead atoms. The normalized spacial score (nSPS) is 23.6. The Balaban J connectivity index is 0.000000222.